The Bertz CT molecular complexity index is 789. The summed E-state index contributed by atoms with van der Waals surface area (Å²) in [7, 11) is 0. The molecule has 9 heteroatoms. The lowest BCUT2D eigenvalue weighted by atomic mass is 10.0. The minimum absolute atomic E-state index is 0.235. The van der Waals surface area contributed by atoms with Gasteiger partial charge in [-0.05, 0) is 59.3 Å². The number of nitrogens with one attached hydrogen (secondary N) is 2. The van der Waals surface area contributed by atoms with Crippen molar-refractivity contribution >= 4 is 23.9 Å². The summed E-state index contributed by atoms with van der Waals surface area (Å²) in [5.41, 5.74) is -1.99. The van der Waals surface area contributed by atoms with Gasteiger partial charge in [0.15, 0.2) is 0 Å². The number of ether oxygens (including phenoxy) is 1. The monoisotopic (exact) mass is 449 g/mol. The summed E-state index contributed by atoms with van der Waals surface area (Å²) in [6.45, 7) is 5.65. The molecule has 0 aromatic rings. The molecular formula is C23H35N3O6. The van der Waals surface area contributed by atoms with Gasteiger partial charge in [0.25, 0.3) is 0 Å². The summed E-state index contributed by atoms with van der Waals surface area (Å²) in [5, 5.41) is 15.2. The first kappa shape index (κ1) is 24.1. The zero-order chi connectivity index (χ0) is 23.5. The summed E-state index contributed by atoms with van der Waals surface area (Å²) in [6, 6.07) is -1.53. The van der Waals surface area contributed by atoms with Gasteiger partial charge in [0.1, 0.15) is 23.2 Å². The minimum atomic E-state index is -1.29. The molecule has 2 aliphatic heterocycles. The number of carbonyl (C=O) groups excluding carboxylic acids is 3. The zero-order valence-electron chi connectivity index (χ0n) is 19.2. The van der Waals surface area contributed by atoms with E-state index < -0.39 is 41.2 Å². The fourth-order valence-corrected chi connectivity index (χ4v) is 4.52. The van der Waals surface area contributed by atoms with Crippen molar-refractivity contribution in [3.63, 3.8) is 0 Å². The summed E-state index contributed by atoms with van der Waals surface area (Å²) < 4.78 is 5.33. The summed E-state index contributed by atoms with van der Waals surface area (Å²) in [6.07, 6.45) is 8.43. The third kappa shape index (κ3) is 5.61. The van der Waals surface area contributed by atoms with Crippen LogP contribution in [-0.2, 0) is 19.1 Å². The highest BCUT2D eigenvalue weighted by molar-refractivity contribution is 5.96. The van der Waals surface area contributed by atoms with E-state index in [1.807, 2.05) is 12.2 Å². The average Bonchev–Trinajstić information content (AvgIpc) is 3.16. The van der Waals surface area contributed by atoms with E-state index in [9.17, 15) is 24.3 Å². The first-order valence-corrected chi connectivity index (χ1v) is 11.6. The lowest BCUT2D eigenvalue weighted by Gasteiger charge is -2.30. The molecule has 4 atom stereocenters. The normalized spacial score (nSPS) is 31.5. The molecule has 1 saturated heterocycles. The number of carboxylic acids is 1. The van der Waals surface area contributed by atoms with Gasteiger partial charge in [-0.15, -0.1) is 0 Å². The molecule has 9 nitrogen and oxygen atoms in total. The number of nitrogens with zero attached hydrogens (tertiary/aromatic N) is 1. The molecule has 3 N–H and O–H groups in total. The molecule has 1 unspecified atom stereocenters. The highest BCUT2D eigenvalue weighted by atomic mass is 16.6. The fraction of sp³-hybridized carbons (Fsp3) is 0.739. The Morgan fingerprint density at radius 2 is 1.94 bits per heavy atom. The standard InChI is InChI=1S/C23H35N3O6/c1-22(2,3)32-21(31)24-16-11-8-6-4-5-7-10-15-14-23(15,20(29)30)25-18(27)17-12-9-13-26(17)19(16)28/h7,10,15-17H,4-6,8-9,11-14H2,1-3H3,(H,24,31)(H,25,27)(H,29,30)/t15?,16-,17-,23+/m0/s1. The molecule has 32 heavy (non-hydrogen) atoms. The topological polar surface area (TPSA) is 125 Å². The summed E-state index contributed by atoms with van der Waals surface area (Å²) in [4.78, 5) is 52.2. The Balaban J connectivity index is 1.79. The van der Waals surface area contributed by atoms with Gasteiger partial charge in [0.05, 0.1) is 0 Å². The van der Waals surface area contributed by atoms with E-state index >= 15 is 0 Å². The van der Waals surface area contributed by atoms with Crippen molar-refractivity contribution in [1.82, 2.24) is 15.5 Å². The number of hydrogen-bond donors (Lipinski definition) is 3. The van der Waals surface area contributed by atoms with E-state index in [1.54, 1.807) is 20.8 Å². The number of allylic oxidation sites excluding steroid dienone is 1. The highest BCUT2D eigenvalue weighted by Crippen LogP contribution is 2.45. The van der Waals surface area contributed by atoms with Crippen molar-refractivity contribution in [2.45, 2.75) is 95.4 Å². The molecule has 0 aromatic heterocycles. The molecule has 1 aliphatic carbocycles. The number of alkyl carbamates (subject to hydrolysis) is 1. The van der Waals surface area contributed by atoms with Gasteiger partial charge >= 0.3 is 12.1 Å². The smallest absolute Gasteiger partial charge is 0.408 e. The predicted octanol–water partition coefficient (Wildman–Crippen LogP) is 2.35. The zero-order valence-corrected chi connectivity index (χ0v) is 19.2. The van der Waals surface area contributed by atoms with Crippen LogP contribution in [0, 0.1) is 5.92 Å². The number of amides is 3. The third-order valence-electron chi connectivity index (χ3n) is 6.30. The maximum atomic E-state index is 13.4. The van der Waals surface area contributed by atoms with Crippen LogP contribution in [0.15, 0.2) is 12.2 Å². The number of fused-ring (bicyclic) bond motifs is 2. The van der Waals surface area contributed by atoms with E-state index in [0.29, 0.717) is 32.2 Å². The molecule has 1 saturated carbocycles. The van der Waals surface area contributed by atoms with Gasteiger partial charge in [0.2, 0.25) is 11.8 Å². The van der Waals surface area contributed by atoms with Crippen molar-refractivity contribution < 1.29 is 29.0 Å². The van der Waals surface area contributed by atoms with Crippen LogP contribution in [0.3, 0.4) is 0 Å². The van der Waals surface area contributed by atoms with Crippen molar-refractivity contribution in [2.75, 3.05) is 6.54 Å². The first-order chi connectivity index (χ1) is 15.0. The number of carboxylic acid groups (broad SMARTS) is 1. The Labute approximate surface area is 188 Å². The molecule has 2 fully saturated rings. The van der Waals surface area contributed by atoms with Crippen LogP contribution in [0.4, 0.5) is 4.79 Å². The van der Waals surface area contributed by atoms with E-state index in [2.05, 4.69) is 10.6 Å². The molecule has 0 aromatic carbocycles. The maximum Gasteiger partial charge on any atom is 0.408 e. The number of rotatable bonds is 2. The Hall–Kier alpha value is -2.58. The van der Waals surface area contributed by atoms with Crippen LogP contribution in [0.25, 0.3) is 0 Å². The van der Waals surface area contributed by atoms with Crippen molar-refractivity contribution in [1.29, 1.82) is 0 Å². The van der Waals surface area contributed by atoms with E-state index in [0.717, 1.165) is 25.7 Å². The largest absolute Gasteiger partial charge is 0.479 e. The molecule has 0 bridgehead atoms. The van der Waals surface area contributed by atoms with Crippen LogP contribution >= 0.6 is 0 Å². The number of carbonyl (C=O) groups is 4. The van der Waals surface area contributed by atoms with Gasteiger partial charge in [-0.3, -0.25) is 9.59 Å². The second-order valence-electron chi connectivity index (χ2n) is 10.0. The average molecular weight is 450 g/mol. The van der Waals surface area contributed by atoms with E-state index in [-0.39, 0.29) is 11.8 Å². The second kappa shape index (κ2) is 9.50. The SMILES string of the molecule is CC(C)(C)OC(=O)N[C@H]1CCCCCC=CC2C[C@@]2(C(=O)O)NC(=O)[C@@H]2CCCN2C1=O. The quantitative estimate of drug-likeness (QED) is 0.556. The van der Waals surface area contributed by atoms with E-state index in [1.165, 1.54) is 4.90 Å². The summed E-state index contributed by atoms with van der Waals surface area (Å²) >= 11 is 0. The van der Waals surface area contributed by atoms with Crippen LogP contribution in [0.5, 0.6) is 0 Å². The highest BCUT2D eigenvalue weighted by Gasteiger charge is 2.61. The van der Waals surface area contributed by atoms with Gasteiger partial charge < -0.3 is 25.4 Å². The molecule has 3 rings (SSSR count). The number of aliphatic carboxylic acids is 1. The van der Waals surface area contributed by atoms with Crippen LogP contribution in [0.2, 0.25) is 0 Å². The molecule has 3 aliphatic rings. The van der Waals surface area contributed by atoms with E-state index in [4.69, 9.17) is 4.74 Å². The first-order valence-electron chi connectivity index (χ1n) is 11.6. The van der Waals surface area contributed by atoms with Gasteiger partial charge in [-0.1, -0.05) is 25.0 Å². The molecule has 2 heterocycles. The fourth-order valence-electron chi connectivity index (χ4n) is 4.52. The van der Waals surface area contributed by atoms with Crippen molar-refractivity contribution in [2.24, 2.45) is 5.92 Å². The van der Waals surface area contributed by atoms with Crippen molar-refractivity contribution in [3.8, 4) is 0 Å². The van der Waals surface area contributed by atoms with Crippen molar-refractivity contribution in [3.05, 3.63) is 12.2 Å². The predicted molar refractivity (Wildman–Crippen MR) is 117 cm³/mol. The van der Waals surface area contributed by atoms with Gasteiger partial charge in [0, 0.05) is 12.5 Å². The molecule has 3 amide bonds. The molecular weight excluding hydrogens is 414 g/mol. The molecule has 178 valence electrons. The van der Waals surface area contributed by atoms with Crippen LogP contribution < -0.4 is 10.6 Å². The number of hydrogen-bond acceptors (Lipinski definition) is 5. The maximum absolute atomic E-state index is 13.4. The lowest BCUT2D eigenvalue weighted by Crippen LogP contribution is -2.56. The van der Waals surface area contributed by atoms with Gasteiger partial charge in [-0.2, -0.15) is 0 Å². The Morgan fingerprint density at radius 3 is 2.62 bits per heavy atom. The lowest BCUT2D eigenvalue weighted by molar-refractivity contribution is -0.145. The summed E-state index contributed by atoms with van der Waals surface area (Å²) in [5.74, 6) is -2.05. The molecule has 0 radical (unpaired) electrons. The third-order valence-corrected chi connectivity index (χ3v) is 6.30. The minimum Gasteiger partial charge on any atom is -0.479 e. The Morgan fingerprint density at radius 1 is 1.19 bits per heavy atom. The van der Waals surface area contributed by atoms with Crippen LogP contribution in [-0.4, -0.2) is 63.7 Å². The second-order valence-corrected chi connectivity index (χ2v) is 10.0. The Kier molecular flexibility index (Phi) is 7.15. The van der Waals surface area contributed by atoms with Gasteiger partial charge in [-0.25, -0.2) is 9.59 Å². The van der Waals surface area contributed by atoms with Crippen LogP contribution in [0.1, 0.15) is 72.1 Å². The molecule has 0 spiro atoms.